The number of hydrogen-bond acceptors (Lipinski definition) is 7. The Labute approximate surface area is 206 Å². The Morgan fingerprint density at radius 3 is 2.26 bits per heavy atom. The highest BCUT2D eigenvalue weighted by Gasteiger charge is 2.18. The quantitative estimate of drug-likeness (QED) is 0.220. The minimum absolute atomic E-state index is 0.00329. The zero-order chi connectivity index (χ0) is 24.5. The number of nitrogens with zero attached hydrogens (tertiary/aromatic N) is 5. The second kappa shape index (κ2) is 9.59. The van der Waals surface area contributed by atoms with E-state index in [1.54, 1.807) is 12.1 Å². The van der Waals surface area contributed by atoms with E-state index in [2.05, 4.69) is 33.8 Å². The minimum atomic E-state index is -0.00329. The molecule has 0 fully saturated rings. The molecule has 5 rings (SSSR count). The molecule has 3 aromatic carbocycles. The number of benzene rings is 3. The van der Waals surface area contributed by atoms with E-state index in [0.717, 1.165) is 27.4 Å². The van der Waals surface area contributed by atoms with E-state index in [1.807, 2.05) is 60.7 Å². The van der Waals surface area contributed by atoms with Gasteiger partial charge >= 0.3 is 0 Å². The van der Waals surface area contributed by atoms with Gasteiger partial charge in [-0.15, -0.1) is 33.5 Å². The zero-order valence-electron chi connectivity index (χ0n) is 18.7. The fraction of sp³-hybridized carbons (Fsp3) is 0.0800. The molecular formula is C25H24N6O2P2. The molecular weight excluding hydrogens is 478 g/mol. The van der Waals surface area contributed by atoms with Crippen LogP contribution in [0.15, 0.2) is 77.9 Å². The van der Waals surface area contributed by atoms with Crippen molar-refractivity contribution in [1.82, 2.24) is 15.0 Å². The van der Waals surface area contributed by atoms with Crippen LogP contribution >= 0.6 is 18.5 Å². The summed E-state index contributed by atoms with van der Waals surface area (Å²) < 4.78 is 0. The topological polar surface area (TPSA) is 113 Å². The Morgan fingerprint density at radius 1 is 0.943 bits per heavy atom. The van der Waals surface area contributed by atoms with Crippen molar-refractivity contribution in [3.05, 3.63) is 84.0 Å². The number of hydrogen-bond donors (Lipinski definition) is 3. The first kappa shape index (κ1) is 23.2. The van der Waals surface area contributed by atoms with Crippen molar-refractivity contribution in [2.75, 3.05) is 5.12 Å². The maximum absolute atomic E-state index is 11.1. The lowest BCUT2D eigenvalue weighted by Crippen LogP contribution is -2.27. The van der Waals surface area contributed by atoms with Gasteiger partial charge in [-0.25, -0.2) is 5.84 Å². The molecule has 176 valence electrons. The summed E-state index contributed by atoms with van der Waals surface area (Å²) in [7, 11) is 5.27. The maximum atomic E-state index is 11.1. The van der Waals surface area contributed by atoms with E-state index in [4.69, 9.17) is 5.84 Å². The molecule has 0 saturated heterocycles. The molecule has 0 spiro atoms. The van der Waals surface area contributed by atoms with Crippen LogP contribution in [0.25, 0.3) is 16.7 Å². The van der Waals surface area contributed by atoms with Gasteiger partial charge in [-0.2, -0.15) is 10.2 Å². The third kappa shape index (κ3) is 4.82. The van der Waals surface area contributed by atoms with Crippen molar-refractivity contribution in [2.24, 2.45) is 10.9 Å². The number of fused-ring (bicyclic) bond motifs is 1. The van der Waals surface area contributed by atoms with Gasteiger partial charge in [0.25, 0.3) is 0 Å². The van der Waals surface area contributed by atoms with Gasteiger partial charge in [0.2, 0.25) is 0 Å². The highest BCUT2D eigenvalue weighted by atomic mass is 31.0. The van der Waals surface area contributed by atoms with Gasteiger partial charge in [0.1, 0.15) is 33.9 Å². The van der Waals surface area contributed by atoms with Crippen LogP contribution in [0.2, 0.25) is 0 Å². The molecule has 8 nitrogen and oxygen atoms in total. The second-order valence-corrected chi connectivity index (χ2v) is 9.51. The van der Waals surface area contributed by atoms with Crippen molar-refractivity contribution in [3.63, 3.8) is 0 Å². The van der Waals surface area contributed by atoms with E-state index in [9.17, 15) is 10.2 Å². The monoisotopic (exact) mass is 502 g/mol. The Kier molecular flexibility index (Phi) is 6.35. The maximum Gasteiger partial charge on any atom is 0.146 e. The number of anilines is 1. The summed E-state index contributed by atoms with van der Waals surface area (Å²) in [5.74, 6) is 6.23. The lowest BCUT2D eigenvalue weighted by atomic mass is 10.0. The van der Waals surface area contributed by atoms with Crippen LogP contribution in [0.1, 0.15) is 17.5 Å². The molecule has 0 aliphatic heterocycles. The average Bonchev–Trinajstić information content (AvgIpc) is 3.28. The number of rotatable bonds is 5. The first-order valence-corrected chi connectivity index (χ1v) is 12.0. The zero-order valence-corrected chi connectivity index (χ0v) is 21.0. The fourth-order valence-corrected chi connectivity index (χ4v) is 4.66. The Bertz CT molecular complexity index is 1490. The first-order valence-electron chi connectivity index (χ1n) is 10.9. The van der Waals surface area contributed by atoms with Crippen molar-refractivity contribution in [3.8, 4) is 17.2 Å². The largest absolute Gasteiger partial charge is 0.505 e. The molecule has 35 heavy (non-hydrogen) atoms. The molecule has 4 aromatic rings. The molecule has 1 aromatic heterocycles. The molecule has 2 atom stereocenters. The van der Waals surface area contributed by atoms with Crippen LogP contribution in [0, 0.1) is 0 Å². The van der Waals surface area contributed by atoms with Crippen molar-refractivity contribution >= 4 is 51.5 Å². The number of phenols is 2. The highest BCUT2D eigenvalue weighted by molar-refractivity contribution is 7.27. The van der Waals surface area contributed by atoms with Gasteiger partial charge in [0.05, 0.1) is 5.71 Å². The van der Waals surface area contributed by atoms with Gasteiger partial charge in [-0.3, -0.25) is 0 Å². The Hall–Kier alpha value is -3.57. The molecule has 10 heteroatoms. The van der Waals surface area contributed by atoms with E-state index >= 15 is 0 Å². The molecule has 4 N–H and O–H groups in total. The van der Waals surface area contributed by atoms with Crippen molar-refractivity contribution in [1.29, 1.82) is 0 Å². The van der Waals surface area contributed by atoms with E-state index in [-0.39, 0.29) is 17.9 Å². The predicted molar refractivity (Wildman–Crippen MR) is 147 cm³/mol. The van der Waals surface area contributed by atoms with E-state index in [1.165, 1.54) is 9.91 Å². The number of allylic oxidation sites excluding steroid dienone is 4. The number of nitrogens with two attached hydrogens (primary N) is 1. The van der Waals surface area contributed by atoms with E-state index < -0.39 is 0 Å². The average molecular weight is 502 g/mol. The normalized spacial score (nSPS) is 14.2. The number of hydrazone groups is 1. The third-order valence-corrected chi connectivity index (χ3v) is 6.28. The summed E-state index contributed by atoms with van der Waals surface area (Å²) >= 11 is 0. The van der Waals surface area contributed by atoms with Crippen LogP contribution in [0.5, 0.6) is 11.5 Å². The highest BCUT2D eigenvalue weighted by Crippen LogP contribution is 2.34. The lowest BCUT2D eigenvalue weighted by Gasteiger charge is -2.19. The third-order valence-electron chi connectivity index (χ3n) is 5.61. The summed E-state index contributed by atoms with van der Waals surface area (Å²) in [6.07, 6.45) is 8.61. The number of hydrazine groups is 1. The number of aromatic nitrogens is 3. The van der Waals surface area contributed by atoms with Crippen LogP contribution < -0.4 is 21.6 Å². The van der Waals surface area contributed by atoms with Crippen LogP contribution in [0.3, 0.4) is 0 Å². The summed E-state index contributed by atoms with van der Waals surface area (Å²) in [6, 6.07) is 14.7. The minimum Gasteiger partial charge on any atom is -0.505 e. The predicted octanol–water partition coefficient (Wildman–Crippen LogP) is 2.98. The van der Waals surface area contributed by atoms with Crippen molar-refractivity contribution < 1.29 is 10.2 Å². The van der Waals surface area contributed by atoms with Crippen LogP contribution in [-0.2, 0) is 6.42 Å². The van der Waals surface area contributed by atoms with Crippen LogP contribution in [0.4, 0.5) is 5.69 Å². The fourth-order valence-electron chi connectivity index (χ4n) is 3.94. The van der Waals surface area contributed by atoms with E-state index in [0.29, 0.717) is 28.9 Å². The second-order valence-electron chi connectivity index (χ2n) is 8.18. The summed E-state index contributed by atoms with van der Waals surface area (Å²) in [6.45, 7) is 0. The number of phenolic OH excluding ortho intramolecular Hbond substituents is 2. The van der Waals surface area contributed by atoms with Crippen molar-refractivity contribution in [2.45, 2.75) is 12.8 Å². The van der Waals surface area contributed by atoms with Crippen LogP contribution in [-0.4, -0.2) is 30.9 Å². The van der Waals surface area contributed by atoms with Gasteiger partial charge in [0, 0.05) is 24.0 Å². The SMILES string of the molecule is NN(/N=C1/C=CC=CC1)c1cc(P)cc(Cc2cc(P)cc(-n3nc4ccccc4n3)c2O)c1O. The molecule has 0 bridgehead atoms. The molecule has 1 aliphatic carbocycles. The number of aromatic hydroxyl groups is 2. The summed E-state index contributed by atoms with van der Waals surface area (Å²) in [5, 5.41) is 38.5. The molecule has 2 unspecified atom stereocenters. The Morgan fingerprint density at radius 2 is 1.60 bits per heavy atom. The summed E-state index contributed by atoms with van der Waals surface area (Å²) in [5.41, 5.74) is 4.27. The Balaban J connectivity index is 1.51. The standard InChI is InChI=1S/C25H24N6O2P2/c26-30(27-17-6-2-1-3-7-17)22-13-18(34)11-15(24(22)32)10-16-12-19(35)14-23(25(16)33)31-28-20-8-4-5-9-21(20)29-31/h1-6,8-9,11-14,32-33H,7,10,26,34-35H2/b27-17-. The smallest absolute Gasteiger partial charge is 0.146 e. The molecule has 1 aliphatic rings. The molecule has 0 amide bonds. The lowest BCUT2D eigenvalue weighted by molar-refractivity contribution is 0.458. The van der Waals surface area contributed by atoms with Gasteiger partial charge in [0.15, 0.2) is 0 Å². The molecule has 0 saturated carbocycles. The molecule has 0 radical (unpaired) electrons. The van der Waals surface area contributed by atoms with Gasteiger partial charge in [-0.1, -0.05) is 30.4 Å². The summed E-state index contributed by atoms with van der Waals surface area (Å²) in [4.78, 5) is 1.43. The van der Waals surface area contributed by atoms with Gasteiger partial charge in [-0.05, 0) is 53.1 Å². The van der Waals surface area contributed by atoms with Gasteiger partial charge < -0.3 is 10.2 Å². The molecule has 1 heterocycles. The first-order chi connectivity index (χ1) is 16.9.